The lowest BCUT2D eigenvalue weighted by Crippen LogP contribution is -2.15. The second kappa shape index (κ2) is 9.05. The van der Waals surface area contributed by atoms with E-state index in [-0.39, 0.29) is 6.04 Å². The average Bonchev–Trinajstić information content (AvgIpc) is 3.70. The molecule has 4 aromatic rings. The van der Waals surface area contributed by atoms with Gasteiger partial charge >= 0.3 is 0 Å². The van der Waals surface area contributed by atoms with Gasteiger partial charge in [-0.1, -0.05) is 67.1 Å². The van der Waals surface area contributed by atoms with Gasteiger partial charge < -0.3 is 20.6 Å². The molecule has 2 aromatic carbocycles. The molecule has 4 N–H and O–H groups in total. The standard InChI is InChI=1S/C28H30N6/c1-2-18-14-24(30-15-18)28-32-17-26(34-28)22-11-7-20(8-12-22)19-5-9-21(10-6-19)25-16-31-27(33-25)23-4-3-13-29-23/h5-12,14,16-17,23-24,29-30H,2-4,13,15H2,1H3,(H,31,33)(H,32,34). The molecular weight excluding hydrogens is 420 g/mol. The van der Waals surface area contributed by atoms with Crippen molar-refractivity contribution in [2.75, 3.05) is 13.1 Å². The minimum Gasteiger partial charge on any atom is -0.341 e. The summed E-state index contributed by atoms with van der Waals surface area (Å²) >= 11 is 0. The summed E-state index contributed by atoms with van der Waals surface area (Å²) in [6, 6.07) is 17.9. The Kier molecular flexibility index (Phi) is 5.61. The molecule has 0 bridgehead atoms. The fourth-order valence-corrected chi connectivity index (χ4v) is 4.92. The van der Waals surface area contributed by atoms with Gasteiger partial charge in [-0.05, 0) is 48.1 Å². The first kappa shape index (κ1) is 21.1. The largest absolute Gasteiger partial charge is 0.341 e. The van der Waals surface area contributed by atoms with E-state index in [0.717, 1.165) is 60.1 Å². The van der Waals surface area contributed by atoms with Crippen LogP contribution in [-0.4, -0.2) is 33.0 Å². The Morgan fingerprint density at radius 3 is 1.91 bits per heavy atom. The van der Waals surface area contributed by atoms with Crippen molar-refractivity contribution < 1.29 is 0 Å². The van der Waals surface area contributed by atoms with Crippen molar-refractivity contribution in [1.29, 1.82) is 0 Å². The number of aromatic nitrogens is 4. The number of benzene rings is 2. The molecule has 34 heavy (non-hydrogen) atoms. The third-order valence-electron chi connectivity index (χ3n) is 7.01. The smallest absolute Gasteiger partial charge is 0.127 e. The lowest BCUT2D eigenvalue weighted by molar-refractivity contribution is 0.613. The summed E-state index contributed by atoms with van der Waals surface area (Å²) in [5, 5.41) is 7.00. The molecule has 1 saturated heterocycles. The van der Waals surface area contributed by atoms with Crippen molar-refractivity contribution in [3.8, 4) is 33.6 Å². The van der Waals surface area contributed by atoms with Crippen LogP contribution in [0.3, 0.4) is 0 Å². The van der Waals surface area contributed by atoms with E-state index in [4.69, 9.17) is 0 Å². The molecule has 2 unspecified atom stereocenters. The van der Waals surface area contributed by atoms with Crippen LogP contribution < -0.4 is 10.6 Å². The number of imidazole rings is 2. The fraction of sp³-hybridized carbons (Fsp3) is 0.286. The summed E-state index contributed by atoms with van der Waals surface area (Å²) in [5.41, 5.74) is 8.25. The quantitative estimate of drug-likeness (QED) is 0.291. The molecule has 6 rings (SSSR count). The first-order valence-corrected chi connectivity index (χ1v) is 12.2. The van der Waals surface area contributed by atoms with Crippen LogP contribution in [-0.2, 0) is 0 Å². The molecule has 172 valence electrons. The van der Waals surface area contributed by atoms with Crippen molar-refractivity contribution in [3.05, 3.63) is 84.2 Å². The lowest BCUT2D eigenvalue weighted by atomic mass is 10.0. The van der Waals surface area contributed by atoms with E-state index in [1.165, 1.54) is 23.1 Å². The van der Waals surface area contributed by atoms with Crippen LogP contribution in [0.1, 0.15) is 49.9 Å². The van der Waals surface area contributed by atoms with E-state index < -0.39 is 0 Å². The van der Waals surface area contributed by atoms with Gasteiger partial charge in [0.25, 0.3) is 0 Å². The monoisotopic (exact) mass is 450 g/mol. The molecule has 2 atom stereocenters. The van der Waals surface area contributed by atoms with Gasteiger partial charge in [0.1, 0.15) is 11.6 Å². The molecule has 2 aromatic heterocycles. The third kappa shape index (κ3) is 4.11. The van der Waals surface area contributed by atoms with Gasteiger partial charge in [0.15, 0.2) is 0 Å². The highest BCUT2D eigenvalue weighted by Gasteiger charge is 2.20. The Hall–Kier alpha value is -3.48. The van der Waals surface area contributed by atoms with Gasteiger partial charge in [-0.15, -0.1) is 0 Å². The summed E-state index contributed by atoms with van der Waals surface area (Å²) in [4.78, 5) is 16.2. The fourth-order valence-electron chi connectivity index (χ4n) is 4.92. The summed E-state index contributed by atoms with van der Waals surface area (Å²) in [7, 11) is 0. The third-order valence-corrected chi connectivity index (χ3v) is 7.01. The average molecular weight is 451 g/mol. The van der Waals surface area contributed by atoms with Crippen LogP contribution in [0.5, 0.6) is 0 Å². The molecule has 0 amide bonds. The molecule has 0 radical (unpaired) electrons. The number of nitrogens with zero attached hydrogens (tertiary/aromatic N) is 2. The van der Waals surface area contributed by atoms with Gasteiger partial charge in [0, 0.05) is 6.54 Å². The zero-order chi connectivity index (χ0) is 22.9. The highest BCUT2D eigenvalue weighted by molar-refractivity contribution is 5.71. The molecule has 6 heteroatoms. The first-order chi connectivity index (χ1) is 16.8. The summed E-state index contributed by atoms with van der Waals surface area (Å²) in [5.74, 6) is 2.02. The predicted molar refractivity (Wildman–Crippen MR) is 136 cm³/mol. The lowest BCUT2D eigenvalue weighted by Gasteiger charge is -2.07. The molecule has 0 spiro atoms. The maximum absolute atomic E-state index is 4.61. The van der Waals surface area contributed by atoms with Crippen molar-refractivity contribution in [2.45, 2.75) is 38.3 Å². The van der Waals surface area contributed by atoms with Gasteiger partial charge in [-0.3, -0.25) is 0 Å². The van der Waals surface area contributed by atoms with Crippen LogP contribution in [0.2, 0.25) is 0 Å². The van der Waals surface area contributed by atoms with Crippen molar-refractivity contribution in [2.24, 2.45) is 0 Å². The van der Waals surface area contributed by atoms with Crippen LogP contribution in [0, 0.1) is 0 Å². The van der Waals surface area contributed by atoms with E-state index in [1.807, 2.05) is 12.4 Å². The van der Waals surface area contributed by atoms with Crippen LogP contribution >= 0.6 is 0 Å². The molecule has 6 nitrogen and oxygen atoms in total. The normalized spacial score (nSPS) is 20.1. The van der Waals surface area contributed by atoms with E-state index in [2.05, 4.69) is 92.1 Å². The molecule has 2 aliphatic rings. The van der Waals surface area contributed by atoms with E-state index in [0.29, 0.717) is 6.04 Å². The Balaban J connectivity index is 1.16. The van der Waals surface area contributed by atoms with Crippen LogP contribution in [0.4, 0.5) is 0 Å². The topological polar surface area (TPSA) is 81.4 Å². The van der Waals surface area contributed by atoms with Gasteiger partial charge in [0.05, 0.1) is 35.9 Å². The zero-order valence-corrected chi connectivity index (χ0v) is 19.4. The van der Waals surface area contributed by atoms with E-state index in [9.17, 15) is 0 Å². The number of hydrogen-bond acceptors (Lipinski definition) is 4. The summed E-state index contributed by atoms with van der Waals surface area (Å²) < 4.78 is 0. The van der Waals surface area contributed by atoms with Crippen molar-refractivity contribution in [3.63, 3.8) is 0 Å². The highest BCUT2D eigenvalue weighted by Crippen LogP contribution is 2.29. The number of hydrogen-bond donors (Lipinski definition) is 4. The highest BCUT2D eigenvalue weighted by atomic mass is 15.0. The van der Waals surface area contributed by atoms with E-state index >= 15 is 0 Å². The zero-order valence-electron chi connectivity index (χ0n) is 19.4. The van der Waals surface area contributed by atoms with Gasteiger partial charge in [-0.2, -0.15) is 0 Å². The molecule has 4 heterocycles. The van der Waals surface area contributed by atoms with Gasteiger partial charge in [-0.25, -0.2) is 9.97 Å². The van der Waals surface area contributed by atoms with Crippen LogP contribution in [0.15, 0.2) is 72.6 Å². The Morgan fingerprint density at radius 1 is 0.765 bits per heavy atom. The minimum absolute atomic E-state index is 0.182. The van der Waals surface area contributed by atoms with E-state index in [1.54, 1.807) is 0 Å². The Labute approximate surface area is 200 Å². The van der Waals surface area contributed by atoms with Gasteiger partial charge in [0.2, 0.25) is 0 Å². The number of nitrogens with one attached hydrogen (secondary N) is 4. The maximum Gasteiger partial charge on any atom is 0.127 e. The van der Waals surface area contributed by atoms with Crippen molar-refractivity contribution in [1.82, 2.24) is 30.6 Å². The second-order valence-corrected chi connectivity index (χ2v) is 9.20. The molecule has 2 aliphatic heterocycles. The molecular formula is C28H30N6. The molecule has 1 fully saturated rings. The predicted octanol–water partition coefficient (Wildman–Crippen LogP) is 5.54. The summed E-state index contributed by atoms with van der Waals surface area (Å²) in [6.07, 6.45) is 9.60. The SMILES string of the molecule is CCC1=CC(c2ncc(-c3ccc(-c4ccc(-c5cnc(C6CCCN6)[nH]5)cc4)cc3)[nH]2)NC1. The minimum atomic E-state index is 0.182. The number of rotatable bonds is 6. The first-order valence-electron chi connectivity index (χ1n) is 12.2. The Morgan fingerprint density at radius 2 is 1.35 bits per heavy atom. The van der Waals surface area contributed by atoms with Crippen LogP contribution in [0.25, 0.3) is 33.6 Å². The molecule has 0 saturated carbocycles. The maximum atomic E-state index is 4.61. The number of aromatic amines is 2. The Bertz CT molecular complexity index is 1290. The molecule has 0 aliphatic carbocycles. The number of H-pyrrole nitrogens is 2. The second-order valence-electron chi connectivity index (χ2n) is 9.20. The summed E-state index contributed by atoms with van der Waals surface area (Å²) in [6.45, 7) is 4.22. The van der Waals surface area contributed by atoms with Crippen molar-refractivity contribution >= 4 is 0 Å².